The molecule has 0 saturated heterocycles. The van der Waals surface area contributed by atoms with E-state index in [0.29, 0.717) is 21.6 Å². The minimum atomic E-state index is -1.45. The number of nitrogens with one attached hydrogen (secondary N) is 1. The van der Waals surface area contributed by atoms with Crippen molar-refractivity contribution in [1.82, 2.24) is 10.3 Å². The second-order valence-electron chi connectivity index (χ2n) is 9.90. The average Bonchev–Trinajstić information content (AvgIpc) is 3.07. The van der Waals surface area contributed by atoms with Crippen molar-refractivity contribution in [2.75, 3.05) is 16.9 Å². The Morgan fingerprint density at radius 2 is 1.65 bits per heavy atom. The van der Waals surface area contributed by atoms with E-state index < -0.39 is 48.7 Å². The first kappa shape index (κ1) is 28.4. The number of aromatic nitrogens is 1. The van der Waals surface area contributed by atoms with Gasteiger partial charge in [0.15, 0.2) is 1.41 Å². The smallest absolute Gasteiger partial charge is 0.328 e. The largest absolute Gasteiger partial charge is 0.467 e. The molecule has 1 aromatic heterocycles. The lowest BCUT2D eigenvalue weighted by Gasteiger charge is -2.33. The van der Waals surface area contributed by atoms with Crippen LogP contribution in [0.25, 0.3) is 10.8 Å². The molecule has 0 saturated carbocycles. The first-order chi connectivity index (χ1) is 21.6. The number of fused-ring (bicyclic) bond motifs is 1. The number of anilines is 2. The molecule has 0 spiro atoms. The summed E-state index contributed by atoms with van der Waals surface area (Å²) >= 11 is 6.07. The number of amides is 3. The molecule has 3 aromatic carbocycles. The maximum atomic E-state index is 14.4. The summed E-state index contributed by atoms with van der Waals surface area (Å²) in [5.74, 6) is -2.97. The van der Waals surface area contributed by atoms with Crippen LogP contribution < -0.4 is 15.1 Å². The first-order valence-electron chi connectivity index (χ1n) is 14.7. The van der Waals surface area contributed by atoms with E-state index in [2.05, 4.69) is 4.98 Å². The molecule has 0 radical (unpaired) electrons. The van der Waals surface area contributed by atoms with Gasteiger partial charge in [-0.25, -0.2) is 4.79 Å². The Morgan fingerprint density at radius 3 is 2.30 bits per heavy atom. The zero-order chi connectivity index (χ0) is 32.7. The van der Waals surface area contributed by atoms with Crippen LogP contribution in [0.1, 0.15) is 27.7 Å². The van der Waals surface area contributed by atoms with Gasteiger partial charge >= 0.3 is 5.97 Å². The molecular formula is C33H33ClN4O5. The molecule has 10 heteroatoms. The van der Waals surface area contributed by atoms with Crippen LogP contribution in [0, 0.1) is 0 Å². The third-order valence-corrected chi connectivity index (χ3v) is 7.28. The highest BCUT2D eigenvalue weighted by atomic mass is 35.5. The number of halogens is 1. The summed E-state index contributed by atoms with van der Waals surface area (Å²) in [6.07, 6.45) is 2.79. The summed E-state index contributed by atoms with van der Waals surface area (Å²) in [5, 5.41) is 2.75. The molecule has 3 atom stereocenters. The van der Waals surface area contributed by atoms with Gasteiger partial charge in [-0.05, 0) is 66.6 Å². The topological polar surface area (TPSA) is 109 Å². The molecule has 0 unspecified atom stereocenters. The van der Waals surface area contributed by atoms with E-state index in [-0.39, 0.29) is 12.1 Å². The quantitative estimate of drug-likeness (QED) is 0.257. The van der Waals surface area contributed by atoms with Crippen molar-refractivity contribution in [2.24, 2.45) is 0 Å². The van der Waals surface area contributed by atoms with Crippen molar-refractivity contribution in [2.45, 2.75) is 45.3 Å². The number of esters is 1. The number of carbonyl (C=O) groups excluding carboxylic acids is 4. The van der Waals surface area contributed by atoms with Crippen LogP contribution in [0.5, 0.6) is 0 Å². The van der Waals surface area contributed by atoms with Crippen LogP contribution >= 0.6 is 11.6 Å². The maximum Gasteiger partial charge on any atom is 0.328 e. The third kappa shape index (κ3) is 7.37. The molecule has 0 fully saturated rings. The Bertz CT molecular complexity index is 1680. The summed E-state index contributed by atoms with van der Waals surface area (Å²) in [6.45, 7) is 2.29. The lowest BCUT2D eigenvalue weighted by molar-refractivity contribution is -0.143. The van der Waals surface area contributed by atoms with Crippen LogP contribution in [-0.2, 0) is 30.3 Å². The van der Waals surface area contributed by atoms with Crippen LogP contribution in [-0.4, -0.2) is 53.9 Å². The van der Waals surface area contributed by atoms with Gasteiger partial charge in [-0.3, -0.25) is 24.3 Å². The van der Waals surface area contributed by atoms with Crippen molar-refractivity contribution < 1.29 is 26.7 Å². The van der Waals surface area contributed by atoms with Gasteiger partial charge in [0.25, 0.3) is 5.91 Å². The summed E-state index contributed by atoms with van der Waals surface area (Å²) in [6, 6.07) is 18.7. The molecule has 43 heavy (non-hydrogen) atoms. The van der Waals surface area contributed by atoms with E-state index in [1.165, 1.54) is 38.3 Å². The molecular weight excluding hydrogens is 568 g/mol. The van der Waals surface area contributed by atoms with Crippen molar-refractivity contribution in [1.29, 1.82) is 0 Å². The fraction of sp³-hybridized carbons (Fsp3) is 0.242. The second-order valence-corrected chi connectivity index (χ2v) is 10.3. The SMILES string of the molecule is [2H]CC(=O)N(c1ccc2ccccc2c1)[C@@H](C)C(=O)N([2H])[C@H](Cc1ccc(Cl)cc1)C(=O)N(c1cccnc1)[C@@H](C)C(=O)OC. The highest BCUT2D eigenvalue weighted by Gasteiger charge is 2.36. The van der Waals surface area contributed by atoms with Crippen molar-refractivity contribution in [3.63, 3.8) is 0 Å². The van der Waals surface area contributed by atoms with Crippen LogP contribution in [0.2, 0.25) is 6.43 Å². The number of ether oxygens (including phenoxy) is 1. The summed E-state index contributed by atoms with van der Waals surface area (Å²) in [7, 11) is 1.20. The molecule has 0 aliphatic rings. The third-order valence-electron chi connectivity index (χ3n) is 7.03. The van der Waals surface area contributed by atoms with E-state index in [4.69, 9.17) is 19.1 Å². The zero-order valence-electron chi connectivity index (χ0n) is 26.0. The highest BCUT2D eigenvalue weighted by molar-refractivity contribution is 6.30. The Hall–Kier alpha value is -4.76. The second kappa shape index (κ2) is 13.9. The van der Waals surface area contributed by atoms with Gasteiger partial charge in [0, 0.05) is 31.6 Å². The van der Waals surface area contributed by atoms with Crippen LogP contribution in [0.4, 0.5) is 11.4 Å². The number of methoxy groups -OCH3 is 1. The number of pyridine rings is 1. The van der Waals surface area contributed by atoms with Gasteiger partial charge in [0.05, 0.1) is 19.0 Å². The van der Waals surface area contributed by atoms with E-state index >= 15 is 0 Å². The number of hydrogen-bond acceptors (Lipinski definition) is 6. The monoisotopic (exact) mass is 602 g/mol. The van der Waals surface area contributed by atoms with Crippen LogP contribution in [0.3, 0.4) is 0 Å². The van der Waals surface area contributed by atoms with Crippen LogP contribution in [0.15, 0.2) is 91.3 Å². The van der Waals surface area contributed by atoms with Crippen molar-refractivity contribution in [3.05, 3.63) is 102 Å². The summed E-state index contributed by atoms with van der Waals surface area (Å²) in [4.78, 5) is 60.6. The standard InChI is InChI=1S/C33H33ClN4O5/c1-21(37(23(3)39)28-16-13-25-8-5-6-9-26(25)19-28)31(40)36-30(18-24-11-14-27(34)15-12-24)32(41)38(22(2)33(42)43-4)29-10-7-17-35-20-29/h5-17,19-22,30H,18H2,1-4H3,(H,36,40)/t21-,22-,30+/m0/s1/i3D/hD. The Balaban J connectivity index is 1.75. The fourth-order valence-corrected chi connectivity index (χ4v) is 4.91. The minimum absolute atomic E-state index is 0.106. The molecule has 0 aliphatic carbocycles. The fourth-order valence-electron chi connectivity index (χ4n) is 4.79. The number of nitrogens with zero attached hydrogens (tertiary/aromatic N) is 3. The highest BCUT2D eigenvalue weighted by Crippen LogP contribution is 2.25. The molecule has 222 valence electrons. The minimum Gasteiger partial charge on any atom is -0.467 e. The molecule has 4 aromatic rings. The van der Waals surface area contributed by atoms with E-state index in [9.17, 15) is 19.2 Å². The van der Waals surface area contributed by atoms with Crippen molar-refractivity contribution >= 4 is 57.4 Å². The van der Waals surface area contributed by atoms with Gasteiger partial charge in [0.2, 0.25) is 11.8 Å². The number of carbonyl (C=O) groups is 4. The molecule has 0 bridgehead atoms. The Kier molecular flexibility index (Phi) is 9.19. The lowest BCUT2D eigenvalue weighted by atomic mass is 10.0. The maximum absolute atomic E-state index is 14.4. The molecule has 1 heterocycles. The number of benzene rings is 3. The predicted octanol–water partition coefficient (Wildman–Crippen LogP) is 4.95. The van der Waals surface area contributed by atoms with E-state index in [1.54, 1.807) is 54.6 Å². The lowest BCUT2D eigenvalue weighted by Crippen LogP contribution is -2.57. The van der Waals surface area contributed by atoms with Gasteiger partial charge in [-0.1, -0.05) is 54.1 Å². The molecule has 9 nitrogen and oxygen atoms in total. The average molecular weight is 603 g/mol. The van der Waals surface area contributed by atoms with Gasteiger partial charge < -0.3 is 14.9 Å². The van der Waals surface area contributed by atoms with Gasteiger partial charge in [-0.2, -0.15) is 0 Å². The van der Waals surface area contributed by atoms with Crippen molar-refractivity contribution in [3.8, 4) is 0 Å². The molecule has 4 rings (SSSR count). The Morgan fingerprint density at radius 1 is 0.930 bits per heavy atom. The normalized spacial score (nSPS) is 13.6. The summed E-state index contributed by atoms with van der Waals surface area (Å²) < 4.78 is 21.7. The number of hydrogen-bond donors (Lipinski definition) is 1. The Labute approximate surface area is 258 Å². The summed E-state index contributed by atoms with van der Waals surface area (Å²) in [5.41, 5.74) is 1.23. The number of rotatable bonds is 10. The van der Waals surface area contributed by atoms with Gasteiger partial charge in [0.1, 0.15) is 18.1 Å². The molecule has 1 N–H and O–H groups in total. The first-order valence-corrected chi connectivity index (χ1v) is 13.9. The van der Waals surface area contributed by atoms with E-state index in [0.717, 1.165) is 15.7 Å². The van der Waals surface area contributed by atoms with Gasteiger partial charge in [-0.15, -0.1) is 0 Å². The van der Waals surface area contributed by atoms with E-state index in [1.807, 2.05) is 24.3 Å². The predicted molar refractivity (Wildman–Crippen MR) is 167 cm³/mol. The molecule has 0 aliphatic heterocycles. The molecule has 3 amide bonds. The zero-order valence-corrected chi connectivity index (χ0v) is 24.8.